The van der Waals surface area contributed by atoms with E-state index in [2.05, 4.69) is 25.0 Å². The molecule has 33 heavy (non-hydrogen) atoms. The van der Waals surface area contributed by atoms with Crippen LogP contribution in [0.2, 0.25) is 0 Å². The number of rotatable bonds is 10. The van der Waals surface area contributed by atoms with E-state index in [9.17, 15) is 14.4 Å². The fourth-order valence-electron chi connectivity index (χ4n) is 2.13. The van der Waals surface area contributed by atoms with Crippen molar-refractivity contribution < 1.29 is 42.8 Å². The molecule has 0 aromatic heterocycles. The number of carbonyl (C=O) groups excluding carboxylic acids is 3. The van der Waals surface area contributed by atoms with Crippen molar-refractivity contribution >= 4 is 17.9 Å². The quantitative estimate of drug-likeness (QED) is 0.177. The summed E-state index contributed by atoms with van der Waals surface area (Å²) in [5.74, 6) is 3.78. The van der Waals surface area contributed by atoms with Crippen LogP contribution in [0.25, 0.3) is 0 Å². The van der Waals surface area contributed by atoms with Crippen LogP contribution in [0.1, 0.15) is 5.56 Å². The van der Waals surface area contributed by atoms with Gasteiger partial charge in [0.05, 0.1) is 7.11 Å². The largest absolute Gasteiger partial charge is 0.497 e. The number of ether oxygens (including phenoxy) is 6. The molecule has 0 aliphatic rings. The van der Waals surface area contributed by atoms with Crippen molar-refractivity contribution in [2.75, 3.05) is 20.7 Å². The van der Waals surface area contributed by atoms with E-state index < -0.39 is 31.5 Å². The predicted molar refractivity (Wildman–Crippen MR) is 116 cm³/mol. The smallest absolute Gasteiger partial charge is 0.390 e. The van der Waals surface area contributed by atoms with Gasteiger partial charge < -0.3 is 28.4 Å². The second-order valence-electron chi connectivity index (χ2n) is 5.84. The van der Waals surface area contributed by atoms with Crippen LogP contribution in [0.5, 0.6) is 23.0 Å². The highest BCUT2D eigenvalue weighted by molar-refractivity contribution is 5.91. The molecule has 9 heteroatoms. The van der Waals surface area contributed by atoms with E-state index in [1.165, 1.54) is 18.2 Å². The minimum atomic E-state index is -0.816. The summed E-state index contributed by atoms with van der Waals surface area (Å²) in [6.07, 6.45) is 1.94. The second-order valence-corrected chi connectivity index (χ2v) is 5.84. The summed E-state index contributed by atoms with van der Waals surface area (Å²) in [6.45, 7) is 5.65. The first-order valence-electron chi connectivity index (χ1n) is 9.31. The lowest BCUT2D eigenvalue weighted by Gasteiger charge is -2.13. The monoisotopic (exact) mass is 452 g/mol. The maximum absolute atomic E-state index is 12.1. The molecule has 0 aliphatic heterocycles. The van der Waals surface area contributed by atoms with Gasteiger partial charge in [-0.2, -0.15) is 0 Å². The second kappa shape index (κ2) is 12.9. The number of carbonyl (C=O) groups is 3. The molecule has 0 saturated heterocycles. The first-order chi connectivity index (χ1) is 15.9. The van der Waals surface area contributed by atoms with Crippen LogP contribution < -0.4 is 18.9 Å². The van der Waals surface area contributed by atoms with Crippen LogP contribution in [0.4, 0.5) is 0 Å². The van der Waals surface area contributed by atoms with Gasteiger partial charge in [-0.05, 0) is 36.4 Å². The Hall–Kier alpha value is -4.71. The van der Waals surface area contributed by atoms with Crippen molar-refractivity contribution in [3.63, 3.8) is 0 Å². The Morgan fingerprint density at radius 1 is 0.848 bits per heavy atom. The predicted octanol–water partition coefficient (Wildman–Crippen LogP) is 2.78. The fourth-order valence-corrected chi connectivity index (χ4v) is 2.13. The summed E-state index contributed by atoms with van der Waals surface area (Å²) in [4.78, 5) is 34.4. The zero-order valence-electron chi connectivity index (χ0n) is 17.7. The Morgan fingerprint density at radius 3 is 2.00 bits per heavy atom. The maximum Gasteiger partial charge on any atom is 0.390 e. The minimum Gasteiger partial charge on any atom is -0.497 e. The summed E-state index contributed by atoms with van der Waals surface area (Å²) >= 11 is 0. The van der Waals surface area contributed by atoms with E-state index in [0.717, 1.165) is 12.2 Å². The highest BCUT2D eigenvalue weighted by Crippen LogP contribution is 2.32. The van der Waals surface area contributed by atoms with Crippen LogP contribution in [0.3, 0.4) is 0 Å². The zero-order chi connectivity index (χ0) is 24.1. The first-order valence-corrected chi connectivity index (χ1v) is 9.31. The van der Waals surface area contributed by atoms with Gasteiger partial charge in [-0.15, -0.1) is 0 Å². The number of methoxy groups -OCH3 is 1. The molecule has 0 atom stereocenters. The minimum absolute atomic E-state index is 0.0509. The van der Waals surface area contributed by atoms with Crippen molar-refractivity contribution in [3.8, 4) is 34.8 Å². The number of hydrogen-bond donors (Lipinski definition) is 0. The van der Waals surface area contributed by atoms with E-state index in [-0.39, 0.29) is 17.2 Å². The molecule has 0 saturated carbocycles. The molecule has 0 radical (unpaired) electrons. The summed E-state index contributed by atoms with van der Waals surface area (Å²) in [5, 5.41) is 0. The van der Waals surface area contributed by atoms with Crippen molar-refractivity contribution in [1.82, 2.24) is 0 Å². The molecule has 2 aromatic rings. The molecule has 170 valence electrons. The van der Waals surface area contributed by atoms with Crippen molar-refractivity contribution in [2.45, 2.75) is 0 Å². The summed E-state index contributed by atoms with van der Waals surface area (Å²) in [6, 6.07) is 11.0. The molecular formula is C24H20O9. The fraction of sp³-hybridized carbons (Fsp3) is 0.125. The molecule has 0 heterocycles. The third kappa shape index (κ3) is 8.51. The molecule has 0 fully saturated rings. The van der Waals surface area contributed by atoms with Crippen LogP contribution >= 0.6 is 0 Å². The van der Waals surface area contributed by atoms with Crippen LogP contribution in [0.15, 0.2) is 67.8 Å². The Balaban J connectivity index is 2.09. The Bertz CT molecular complexity index is 1080. The summed E-state index contributed by atoms with van der Waals surface area (Å²) < 4.78 is 30.4. The molecule has 0 spiro atoms. The average Bonchev–Trinajstić information content (AvgIpc) is 2.83. The highest BCUT2D eigenvalue weighted by atomic mass is 16.7. The number of hydrogen-bond acceptors (Lipinski definition) is 9. The maximum atomic E-state index is 12.1. The van der Waals surface area contributed by atoms with E-state index in [4.69, 9.17) is 28.4 Å². The first kappa shape index (κ1) is 24.6. The van der Waals surface area contributed by atoms with Crippen LogP contribution in [0, 0.1) is 11.8 Å². The third-order valence-corrected chi connectivity index (χ3v) is 3.69. The van der Waals surface area contributed by atoms with Crippen molar-refractivity contribution in [2.24, 2.45) is 0 Å². The molecule has 2 aromatic carbocycles. The lowest BCUT2D eigenvalue weighted by molar-refractivity contribution is -0.146. The van der Waals surface area contributed by atoms with E-state index >= 15 is 0 Å². The lowest BCUT2D eigenvalue weighted by Crippen LogP contribution is -2.11. The third-order valence-electron chi connectivity index (χ3n) is 3.69. The molecule has 0 N–H and O–H groups in total. The highest BCUT2D eigenvalue weighted by Gasteiger charge is 2.11. The standard InChI is InChI=1S/C24H20O9/c1-4-22(25)31-15-29-20-12-11-19(14-21(20)30-16-32-23(26)5-2)33-24(27)13-8-17-6-9-18(28-3)10-7-17/h4-7,9-12,14H,1-2,15-16H2,3H3. The van der Waals surface area contributed by atoms with E-state index in [0.29, 0.717) is 11.3 Å². The summed E-state index contributed by atoms with van der Waals surface area (Å²) in [7, 11) is 1.55. The van der Waals surface area contributed by atoms with Gasteiger partial charge in [0.25, 0.3) is 0 Å². The van der Waals surface area contributed by atoms with Gasteiger partial charge in [0, 0.05) is 29.7 Å². The van der Waals surface area contributed by atoms with Gasteiger partial charge in [0.15, 0.2) is 11.5 Å². The van der Waals surface area contributed by atoms with Gasteiger partial charge in [-0.3, -0.25) is 0 Å². The molecular weight excluding hydrogens is 432 g/mol. The van der Waals surface area contributed by atoms with Crippen molar-refractivity contribution in [1.29, 1.82) is 0 Å². The average molecular weight is 452 g/mol. The number of benzene rings is 2. The van der Waals surface area contributed by atoms with E-state index in [1.54, 1.807) is 31.4 Å². The van der Waals surface area contributed by atoms with Crippen LogP contribution in [-0.4, -0.2) is 38.6 Å². The Kier molecular flexibility index (Phi) is 9.57. The van der Waals surface area contributed by atoms with Crippen LogP contribution in [-0.2, 0) is 23.9 Å². The number of esters is 3. The zero-order valence-corrected chi connectivity index (χ0v) is 17.7. The molecule has 9 nitrogen and oxygen atoms in total. The molecule has 2 rings (SSSR count). The topological polar surface area (TPSA) is 107 Å². The van der Waals surface area contributed by atoms with Gasteiger partial charge in [0.1, 0.15) is 11.5 Å². The molecule has 0 bridgehead atoms. The van der Waals surface area contributed by atoms with Gasteiger partial charge in [-0.25, -0.2) is 14.4 Å². The SMILES string of the molecule is C=CC(=O)OCOc1ccc(OC(=O)C#Cc2ccc(OC)cc2)cc1OCOC(=O)C=C. The Labute approximate surface area is 190 Å². The lowest BCUT2D eigenvalue weighted by atomic mass is 10.2. The Morgan fingerprint density at radius 2 is 1.42 bits per heavy atom. The van der Waals surface area contributed by atoms with Gasteiger partial charge in [0.2, 0.25) is 13.6 Å². The van der Waals surface area contributed by atoms with E-state index in [1.807, 2.05) is 0 Å². The molecule has 0 aliphatic carbocycles. The molecule has 0 amide bonds. The normalized spacial score (nSPS) is 9.36. The van der Waals surface area contributed by atoms with Gasteiger partial charge in [-0.1, -0.05) is 19.1 Å². The van der Waals surface area contributed by atoms with Crippen molar-refractivity contribution in [3.05, 3.63) is 73.3 Å². The summed E-state index contributed by atoms with van der Waals surface area (Å²) in [5.41, 5.74) is 0.596. The van der Waals surface area contributed by atoms with Gasteiger partial charge >= 0.3 is 17.9 Å². The molecule has 0 unspecified atom stereocenters.